The van der Waals surface area contributed by atoms with Gasteiger partial charge < -0.3 is 10.2 Å². The van der Waals surface area contributed by atoms with Gasteiger partial charge in [-0.05, 0) is 32.4 Å². The standard InChI is InChI=1S/C16H19F2N3O2/c1-10-5-12(6-11(2)20-10)13(22)21-8-15(3-4-19-14(15)23)7-16(17,18)9-21/h5-6H,3-4,7-9H2,1-2H3,(H,19,23)/t15-/m1/s1. The van der Waals surface area contributed by atoms with Gasteiger partial charge >= 0.3 is 0 Å². The highest BCUT2D eigenvalue weighted by atomic mass is 19.3. The van der Waals surface area contributed by atoms with E-state index in [4.69, 9.17) is 0 Å². The Morgan fingerprint density at radius 3 is 2.48 bits per heavy atom. The molecular weight excluding hydrogens is 304 g/mol. The third-order valence-electron chi connectivity index (χ3n) is 4.50. The minimum atomic E-state index is -3.06. The lowest BCUT2D eigenvalue weighted by Gasteiger charge is -2.42. The number of hydrogen-bond acceptors (Lipinski definition) is 3. The van der Waals surface area contributed by atoms with E-state index >= 15 is 0 Å². The van der Waals surface area contributed by atoms with Crippen molar-refractivity contribution in [2.75, 3.05) is 19.6 Å². The smallest absolute Gasteiger partial charge is 0.266 e. The number of amides is 2. The van der Waals surface area contributed by atoms with Gasteiger partial charge in [-0.15, -0.1) is 0 Å². The number of nitrogens with zero attached hydrogens (tertiary/aromatic N) is 2. The fourth-order valence-electron chi connectivity index (χ4n) is 3.63. The van der Waals surface area contributed by atoms with Gasteiger partial charge in [-0.1, -0.05) is 0 Å². The highest BCUT2D eigenvalue weighted by molar-refractivity contribution is 5.95. The molecule has 2 amide bonds. The average molecular weight is 323 g/mol. The van der Waals surface area contributed by atoms with E-state index in [1.54, 1.807) is 26.0 Å². The lowest BCUT2D eigenvalue weighted by Crippen LogP contribution is -2.56. The first kappa shape index (κ1) is 15.8. The first-order valence-electron chi connectivity index (χ1n) is 7.62. The van der Waals surface area contributed by atoms with Crippen molar-refractivity contribution in [1.82, 2.24) is 15.2 Å². The molecule has 124 valence electrons. The summed E-state index contributed by atoms with van der Waals surface area (Å²) in [5.74, 6) is -3.92. The molecule has 3 rings (SSSR count). The van der Waals surface area contributed by atoms with Crippen LogP contribution in [0, 0.1) is 19.3 Å². The van der Waals surface area contributed by atoms with Crippen LogP contribution in [0.25, 0.3) is 0 Å². The van der Waals surface area contributed by atoms with Crippen molar-refractivity contribution >= 4 is 11.8 Å². The van der Waals surface area contributed by atoms with E-state index in [0.717, 1.165) is 4.90 Å². The third kappa shape index (κ3) is 2.92. The number of aromatic nitrogens is 1. The van der Waals surface area contributed by atoms with Gasteiger partial charge in [0.05, 0.1) is 12.0 Å². The van der Waals surface area contributed by atoms with Gasteiger partial charge in [-0.25, -0.2) is 8.78 Å². The van der Waals surface area contributed by atoms with E-state index in [1.165, 1.54) is 0 Å². The molecule has 0 bridgehead atoms. The van der Waals surface area contributed by atoms with Gasteiger partial charge in [0.15, 0.2) is 0 Å². The number of rotatable bonds is 1. The molecule has 1 spiro atoms. The lowest BCUT2D eigenvalue weighted by molar-refractivity contribution is -0.144. The Hall–Kier alpha value is -2.05. The van der Waals surface area contributed by atoms with E-state index in [0.29, 0.717) is 29.9 Å². The van der Waals surface area contributed by atoms with E-state index in [2.05, 4.69) is 10.3 Å². The Morgan fingerprint density at radius 1 is 1.26 bits per heavy atom. The number of hydrogen-bond donors (Lipinski definition) is 1. The molecule has 2 aliphatic rings. The lowest BCUT2D eigenvalue weighted by atomic mass is 9.77. The molecule has 7 heteroatoms. The SMILES string of the molecule is Cc1cc(C(=O)N2CC(F)(F)C[C@]3(CCNC3=O)C2)cc(C)n1. The first-order chi connectivity index (χ1) is 10.7. The first-order valence-corrected chi connectivity index (χ1v) is 7.62. The summed E-state index contributed by atoms with van der Waals surface area (Å²) in [7, 11) is 0. The van der Waals surface area contributed by atoms with E-state index in [-0.39, 0.29) is 12.5 Å². The quantitative estimate of drug-likeness (QED) is 0.855. The van der Waals surface area contributed by atoms with Gasteiger partial charge in [0.1, 0.15) is 0 Å². The predicted molar refractivity (Wildman–Crippen MR) is 79.2 cm³/mol. The highest BCUT2D eigenvalue weighted by Crippen LogP contribution is 2.43. The van der Waals surface area contributed by atoms with Crippen LogP contribution in [0.4, 0.5) is 8.78 Å². The Labute approximate surface area is 133 Å². The zero-order chi connectivity index (χ0) is 16.8. The van der Waals surface area contributed by atoms with Crippen molar-refractivity contribution in [2.24, 2.45) is 5.41 Å². The second-order valence-corrected chi connectivity index (χ2v) is 6.62. The van der Waals surface area contributed by atoms with Crippen LogP contribution >= 0.6 is 0 Å². The predicted octanol–water partition coefficient (Wildman–Crippen LogP) is 1.69. The van der Waals surface area contributed by atoms with E-state index < -0.39 is 30.2 Å². The molecule has 2 aliphatic heterocycles. The number of likely N-dealkylation sites (tertiary alicyclic amines) is 1. The van der Waals surface area contributed by atoms with Crippen molar-refractivity contribution in [2.45, 2.75) is 32.6 Å². The van der Waals surface area contributed by atoms with Crippen molar-refractivity contribution in [3.05, 3.63) is 29.1 Å². The molecule has 1 aromatic heterocycles. The number of halogens is 2. The fraction of sp³-hybridized carbons (Fsp3) is 0.562. The minimum Gasteiger partial charge on any atom is -0.356 e. The molecule has 3 heterocycles. The summed E-state index contributed by atoms with van der Waals surface area (Å²) >= 11 is 0. The summed E-state index contributed by atoms with van der Waals surface area (Å²) in [5.41, 5.74) is 0.478. The van der Waals surface area contributed by atoms with Crippen LogP contribution in [0.5, 0.6) is 0 Å². The third-order valence-corrected chi connectivity index (χ3v) is 4.50. The normalized spacial score (nSPS) is 26.4. The molecule has 0 radical (unpaired) electrons. The molecule has 23 heavy (non-hydrogen) atoms. The molecule has 0 aliphatic carbocycles. The summed E-state index contributed by atoms with van der Waals surface area (Å²) in [6.07, 6.45) is -0.163. The number of nitrogens with one attached hydrogen (secondary N) is 1. The van der Waals surface area contributed by atoms with Crippen molar-refractivity contribution in [3.8, 4) is 0 Å². The highest BCUT2D eigenvalue weighted by Gasteiger charge is 2.55. The van der Waals surface area contributed by atoms with Gasteiger partial charge in [-0.3, -0.25) is 14.6 Å². The van der Waals surface area contributed by atoms with Gasteiger partial charge in [0.25, 0.3) is 11.8 Å². The molecule has 0 unspecified atom stereocenters. The number of piperidine rings is 1. The van der Waals surface area contributed by atoms with Gasteiger partial charge in [0, 0.05) is 36.5 Å². The van der Waals surface area contributed by atoms with Crippen LogP contribution in [0.2, 0.25) is 0 Å². The Morgan fingerprint density at radius 2 is 1.91 bits per heavy atom. The molecule has 1 N–H and O–H groups in total. The number of carbonyl (C=O) groups excluding carboxylic acids is 2. The van der Waals surface area contributed by atoms with Crippen LogP contribution < -0.4 is 5.32 Å². The van der Waals surface area contributed by atoms with Crippen molar-refractivity contribution < 1.29 is 18.4 Å². The zero-order valence-electron chi connectivity index (χ0n) is 13.2. The van der Waals surface area contributed by atoms with E-state index in [1.807, 2.05) is 0 Å². The molecular formula is C16H19F2N3O2. The molecule has 1 atom stereocenters. The topological polar surface area (TPSA) is 62.3 Å². The number of aryl methyl sites for hydroxylation is 2. The van der Waals surface area contributed by atoms with Crippen LogP contribution in [-0.2, 0) is 4.79 Å². The second kappa shape index (κ2) is 5.25. The Bertz CT molecular complexity index is 657. The summed E-state index contributed by atoms with van der Waals surface area (Å²) in [4.78, 5) is 30.0. The zero-order valence-corrected chi connectivity index (χ0v) is 13.2. The number of carbonyl (C=O) groups is 2. The molecule has 5 nitrogen and oxygen atoms in total. The van der Waals surface area contributed by atoms with Crippen LogP contribution in [0.1, 0.15) is 34.6 Å². The summed E-state index contributed by atoms with van der Waals surface area (Å²) < 4.78 is 28.3. The number of alkyl halides is 2. The maximum atomic E-state index is 14.2. The maximum Gasteiger partial charge on any atom is 0.266 e. The molecule has 0 saturated carbocycles. The summed E-state index contributed by atoms with van der Waals surface area (Å²) in [5, 5.41) is 2.62. The van der Waals surface area contributed by atoms with E-state index in [9.17, 15) is 18.4 Å². The van der Waals surface area contributed by atoms with Crippen molar-refractivity contribution in [1.29, 1.82) is 0 Å². The molecule has 0 aromatic carbocycles. The fourth-order valence-corrected chi connectivity index (χ4v) is 3.63. The Kier molecular flexibility index (Phi) is 3.61. The summed E-state index contributed by atoms with van der Waals surface area (Å²) in [6.45, 7) is 3.26. The van der Waals surface area contributed by atoms with Gasteiger partial charge in [-0.2, -0.15) is 0 Å². The monoisotopic (exact) mass is 323 g/mol. The molecule has 2 saturated heterocycles. The molecule has 1 aromatic rings. The van der Waals surface area contributed by atoms with Crippen LogP contribution in [0.15, 0.2) is 12.1 Å². The molecule has 2 fully saturated rings. The number of pyridine rings is 1. The maximum absolute atomic E-state index is 14.2. The largest absolute Gasteiger partial charge is 0.356 e. The Balaban J connectivity index is 1.92. The summed E-state index contributed by atoms with van der Waals surface area (Å²) in [6, 6.07) is 3.17. The minimum absolute atomic E-state index is 0.0354. The van der Waals surface area contributed by atoms with Crippen LogP contribution in [0.3, 0.4) is 0 Å². The van der Waals surface area contributed by atoms with Crippen molar-refractivity contribution in [3.63, 3.8) is 0 Å². The second-order valence-electron chi connectivity index (χ2n) is 6.62. The average Bonchev–Trinajstić information content (AvgIpc) is 2.75. The van der Waals surface area contributed by atoms with Crippen LogP contribution in [-0.4, -0.2) is 47.3 Å². The van der Waals surface area contributed by atoms with Gasteiger partial charge in [0.2, 0.25) is 5.91 Å².